The largest absolute Gasteiger partial charge is 0.312 e. The first-order valence-electron chi connectivity index (χ1n) is 7.34. The van der Waals surface area contributed by atoms with Crippen molar-refractivity contribution in [1.82, 2.24) is 5.32 Å². The van der Waals surface area contributed by atoms with E-state index in [-0.39, 0.29) is 0 Å². The number of quaternary nitrogens is 1. The van der Waals surface area contributed by atoms with E-state index in [1.54, 1.807) is 0 Å². The molecule has 2 nitrogen and oxygen atoms in total. The van der Waals surface area contributed by atoms with Crippen molar-refractivity contribution >= 4 is 0 Å². The summed E-state index contributed by atoms with van der Waals surface area (Å²) in [5, 5.41) is 3.88. The molecule has 0 heterocycles. The topological polar surface area (TPSA) is 12.0 Å². The Bertz CT molecular complexity index is 197. The SMILES string of the molecule is CCC(CC(C)C)NC(CC)[N+](C)(C)C(C)C. The summed E-state index contributed by atoms with van der Waals surface area (Å²) < 4.78 is 1.06. The van der Waals surface area contributed by atoms with Crippen molar-refractivity contribution in [3.63, 3.8) is 0 Å². The van der Waals surface area contributed by atoms with Gasteiger partial charge >= 0.3 is 0 Å². The molecule has 2 heteroatoms. The minimum Gasteiger partial charge on any atom is -0.312 e. The van der Waals surface area contributed by atoms with Crippen molar-refractivity contribution in [2.75, 3.05) is 14.1 Å². The van der Waals surface area contributed by atoms with Crippen LogP contribution >= 0.6 is 0 Å². The normalized spacial score (nSPS) is 16.6. The van der Waals surface area contributed by atoms with E-state index in [9.17, 15) is 0 Å². The van der Waals surface area contributed by atoms with E-state index >= 15 is 0 Å². The van der Waals surface area contributed by atoms with Gasteiger partial charge in [-0.3, -0.25) is 5.32 Å². The molecule has 0 fully saturated rings. The molecular weight excluding hydrogens is 208 g/mol. The number of hydrogen-bond donors (Lipinski definition) is 1. The van der Waals surface area contributed by atoms with Gasteiger partial charge in [-0.15, -0.1) is 0 Å². The summed E-state index contributed by atoms with van der Waals surface area (Å²) in [7, 11) is 4.68. The van der Waals surface area contributed by atoms with E-state index in [0.29, 0.717) is 18.2 Å². The Hall–Kier alpha value is -0.0800. The molecule has 2 unspecified atom stereocenters. The smallest absolute Gasteiger partial charge is 0.142 e. The highest BCUT2D eigenvalue weighted by Gasteiger charge is 2.31. The molecule has 17 heavy (non-hydrogen) atoms. The number of nitrogens with zero attached hydrogens (tertiary/aromatic N) is 1. The van der Waals surface area contributed by atoms with Crippen molar-refractivity contribution in [3.05, 3.63) is 0 Å². The van der Waals surface area contributed by atoms with Gasteiger partial charge in [0.1, 0.15) is 6.17 Å². The maximum Gasteiger partial charge on any atom is 0.142 e. The average molecular weight is 243 g/mol. The number of hydrogen-bond acceptors (Lipinski definition) is 1. The fourth-order valence-corrected chi connectivity index (χ4v) is 2.33. The monoisotopic (exact) mass is 243 g/mol. The Morgan fingerprint density at radius 2 is 1.47 bits per heavy atom. The lowest BCUT2D eigenvalue weighted by Gasteiger charge is -2.43. The Morgan fingerprint density at radius 1 is 0.941 bits per heavy atom. The van der Waals surface area contributed by atoms with Crippen molar-refractivity contribution in [2.24, 2.45) is 5.92 Å². The van der Waals surface area contributed by atoms with Crippen LogP contribution in [-0.4, -0.2) is 36.8 Å². The van der Waals surface area contributed by atoms with Gasteiger partial charge in [0.05, 0.1) is 20.1 Å². The van der Waals surface area contributed by atoms with Gasteiger partial charge in [-0.1, -0.05) is 27.7 Å². The summed E-state index contributed by atoms with van der Waals surface area (Å²) in [6.45, 7) is 13.8. The van der Waals surface area contributed by atoms with Crippen LogP contribution in [0.15, 0.2) is 0 Å². The minimum absolute atomic E-state index is 0.568. The van der Waals surface area contributed by atoms with Gasteiger partial charge in [0.15, 0.2) is 0 Å². The highest BCUT2D eigenvalue weighted by molar-refractivity contribution is 4.69. The summed E-state index contributed by atoms with van der Waals surface area (Å²) in [5.41, 5.74) is 0. The van der Waals surface area contributed by atoms with Crippen LogP contribution in [0.3, 0.4) is 0 Å². The molecule has 0 rings (SSSR count). The average Bonchev–Trinajstić information content (AvgIpc) is 2.22. The third-order valence-electron chi connectivity index (χ3n) is 4.20. The van der Waals surface area contributed by atoms with Crippen LogP contribution in [0.5, 0.6) is 0 Å². The predicted octanol–water partition coefficient (Wildman–Crippen LogP) is 3.62. The molecule has 0 radical (unpaired) electrons. The highest BCUT2D eigenvalue weighted by atomic mass is 15.4. The molecule has 0 aromatic heterocycles. The van der Waals surface area contributed by atoms with Crippen LogP contribution < -0.4 is 5.32 Å². The Balaban J connectivity index is 4.56. The van der Waals surface area contributed by atoms with E-state index in [2.05, 4.69) is 61.0 Å². The van der Waals surface area contributed by atoms with Crippen LogP contribution in [-0.2, 0) is 0 Å². The van der Waals surface area contributed by atoms with E-state index in [1.165, 1.54) is 19.3 Å². The van der Waals surface area contributed by atoms with Crippen molar-refractivity contribution < 1.29 is 4.48 Å². The van der Waals surface area contributed by atoms with Gasteiger partial charge in [0.2, 0.25) is 0 Å². The van der Waals surface area contributed by atoms with Crippen LogP contribution in [0.25, 0.3) is 0 Å². The Kier molecular flexibility index (Phi) is 7.34. The van der Waals surface area contributed by atoms with E-state index < -0.39 is 0 Å². The zero-order valence-electron chi connectivity index (χ0n) is 13.4. The molecule has 0 saturated heterocycles. The molecule has 0 aromatic rings. The summed E-state index contributed by atoms with van der Waals surface area (Å²) in [6, 6.07) is 1.32. The van der Waals surface area contributed by atoms with Gasteiger partial charge in [-0.05, 0) is 32.6 Å². The lowest BCUT2D eigenvalue weighted by Crippen LogP contribution is -2.61. The molecule has 0 aromatic carbocycles. The third-order valence-corrected chi connectivity index (χ3v) is 4.20. The van der Waals surface area contributed by atoms with Crippen molar-refractivity contribution in [2.45, 2.75) is 79.1 Å². The van der Waals surface area contributed by atoms with Gasteiger partial charge in [0, 0.05) is 12.5 Å². The lowest BCUT2D eigenvalue weighted by atomic mass is 10.0. The molecule has 0 aliphatic carbocycles. The molecular formula is C15H35N2+. The quantitative estimate of drug-likeness (QED) is 0.507. The zero-order chi connectivity index (χ0) is 13.6. The predicted molar refractivity (Wildman–Crippen MR) is 78.0 cm³/mol. The number of rotatable bonds is 8. The molecule has 1 N–H and O–H groups in total. The molecule has 2 atom stereocenters. The first-order chi connectivity index (χ1) is 7.75. The molecule has 0 aliphatic heterocycles. The second-order valence-electron chi connectivity index (χ2n) is 6.55. The maximum atomic E-state index is 3.88. The van der Waals surface area contributed by atoms with Crippen LogP contribution in [0.4, 0.5) is 0 Å². The summed E-state index contributed by atoms with van der Waals surface area (Å²) in [4.78, 5) is 0. The third kappa shape index (κ3) is 5.39. The highest BCUT2D eigenvalue weighted by Crippen LogP contribution is 2.17. The van der Waals surface area contributed by atoms with Crippen molar-refractivity contribution in [1.29, 1.82) is 0 Å². The number of nitrogens with one attached hydrogen (secondary N) is 1. The van der Waals surface area contributed by atoms with Crippen molar-refractivity contribution in [3.8, 4) is 0 Å². The zero-order valence-corrected chi connectivity index (χ0v) is 13.4. The second kappa shape index (κ2) is 7.38. The maximum absolute atomic E-state index is 3.88. The van der Waals surface area contributed by atoms with E-state index in [4.69, 9.17) is 0 Å². The summed E-state index contributed by atoms with van der Waals surface area (Å²) in [6.07, 6.45) is 4.27. The Morgan fingerprint density at radius 3 is 1.76 bits per heavy atom. The molecule has 0 spiro atoms. The Labute approximate surface area is 109 Å². The van der Waals surface area contributed by atoms with Crippen LogP contribution in [0.1, 0.15) is 60.8 Å². The van der Waals surface area contributed by atoms with Gasteiger partial charge in [-0.25, -0.2) is 0 Å². The molecule has 0 bridgehead atoms. The first-order valence-corrected chi connectivity index (χ1v) is 7.34. The van der Waals surface area contributed by atoms with Gasteiger partial charge in [0.25, 0.3) is 0 Å². The molecule has 0 amide bonds. The molecule has 104 valence electrons. The second-order valence-corrected chi connectivity index (χ2v) is 6.55. The minimum atomic E-state index is 0.568. The standard InChI is InChI=1S/C15H35N2/c1-9-14(11-12(3)4)16-15(10-2)17(7,8)13(5)6/h12-16H,9-11H2,1-8H3/q+1. The molecule has 0 saturated carbocycles. The van der Waals surface area contributed by atoms with Gasteiger partial charge < -0.3 is 4.48 Å². The summed E-state index contributed by atoms with van der Waals surface area (Å²) in [5.74, 6) is 0.777. The first kappa shape index (κ1) is 16.9. The van der Waals surface area contributed by atoms with Crippen LogP contribution in [0.2, 0.25) is 0 Å². The fourth-order valence-electron chi connectivity index (χ4n) is 2.33. The van der Waals surface area contributed by atoms with Gasteiger partial charge in [-0.2, -0.15) is 0 Å². The molecule has 0 aliphatic rings. The summed E-state index contributed by atoms with van der Waals surface area (Å²) >= 11 is 0. The fraction of sp³-hybridized carbons (Fsp3) is 1.00. The van der Waals surface area contributed by atoms with Crippen LogP contribution in [0, 0.1) is 5.92 Å². The van der Waals surface area contributed by atoms with E-state index in [1.807, 2.05) is 0 Å². The lowest BCUT2D eigenvalue weighted by molar-refractivity contribution is -0.938. The van der Waals surface area contributed by atoms with E-state index in [0.717, 1.165) is 10.4 Å².